The summed E-state index contributed by atoms with van der Waals surface area (Å²) in [5.74, 6) is 1.99. The minimum Gasteiger partial charge on any atom is -1.00 e. The maximum absolute atomic E-state index is 6.29. The van der Waals surface area contributed by atoms with Crippen LogP contribution in [0.4, 0.5) is 0 Å². The van der Waals surface area contributed by atoms with Crippen molar-refractivity contribution in [3.8, 4) is 17.2 Å². The summed E-state index contributed by atoms with van der Waals surface area (Å²) in [4.78, 5) is 0. The average molecular weight is 320 g/mol. The molecule has 0 spiro atoms. The van der Waals surface area contributed by atoms with Gasteiger partial charge in [-0.25, -0.2) is 0 Å². The molecule has 1 aromatic carbocycles. The summed E-state index contributed by atoms with van der Waals surface area (Å²) in [5.41, 5.74) is 0.900. The van der Waals surface area contributed by atoms with E-state index in [0.717, 1.165) is 12.1 Å². The molecule has 4 nitrogen and oxygen atoms in total. The van der Waals surface area contributed by atoms with Crippen LogP contribution in [-0.2, 0) is 6.42 Å². The SMILES string of the molecule is C=CCc1c(Cl)cc2c(c1OCC[NH2+]C)OCCO2.[Cl-]. The van der Waals surface area contributed by atoms with Crippen molar-refractivity contribution in [3.63, 3.8) is 0 Å². The van der Waals surface area contributed by atoms with Crippen LogP contribution in [0.3, 0.4) is 0 Å². The molecule has 1 heterocycles. The molecule has 2 rings (SSSR count). The highest BCUT2D eigenvalue weighted by molar-refractivity contribution is 6.31. The zero-order chi connectivity index (χ0) is 13.7. The molecular weight excluding hydrogens is 301 g/mol. The molecule has 0 fully saturated rings. The van der Waals surface area contributed by atoms with Gasteiger partial charge >= 0.3 is 0 Å². The smallest absolute Gasteiger partial charge is 0.204 e. The molecule has 112 valence electrons. The molecule has 0 unspecified atom stereocenters. The predicted octanol–water partition coefficient (Wildman–Crippen LogP) is -1.58. The first kappa shape index (κ1) is 17.0. The normalized spacial score (nSPS) is 12.5. The number of hydrogen-bond donors (Lipinski definition) is 1. The minimum atomic E-state index is 0. The van der Waals surface area contributed by atoms with Gasteiger partial charge in [0, 0.05) is 11.6 Å². The molecular formula is C14H19Cl2NO3. The third-order valence-corrected chi connectivity index (χ3v) is 3.18. The summed E-state index contributed by atoms with van der Waals surface area (Å²) >= 11 is 6.29. The Hall–Kier alpha value is -1.10. The lowest BCUT2D eigenvalue weighted by molar-refractivity contribution is -0.627. The van der Waals surface area contributed by atoms with Crippen LogP contribution < -0.4 is 31.9 Å². The number of halogens is 2. The van der Waals surface area contributed by atoms with E-state index >= 15 is 0 Å². The fourth-order valence-corrected chi connectivity index (χ4v) is 2.19. The first-order chi connectivity index (χ1) is 9.27. The maximum atomic E-state index is 6.29. The van der Waals surface area contributed by atoms with Gasteiger partial charge in [-0.05, 0) is 6.42 Å². The molecule has 2 N–H and O–H groups in total. The second-order valence-corrected chi connectivity index (χ2v) is 4.64. The molecule has 0 amide bonds. The summed E-state index contributed by atoms with van der Waals surface area (Å²) in [7, 11) is 2.00. The Morgan fingerprint density at radius 1 is 1.45 bits per heavy atom. The lowest BCUT2D eigenvalue weighted by Crippen LogP contribution is -3.00. The van der Waals surface area contributed by atoms with Gasteiger partial charge in [0.25, 0.3) is 0 Å². The van der Waals surface area contributed by atoms with Gasteiger partial charge in [0.15, 0.2) is 11.5 Å². The second-order valence-electron chi connectivity index (χ2n) is 4.23. The molecule has 0 aliphatic carbocycles. The number of fused-ring (bicyclic) bond motifs is 1. The molecule has 0 aromatic heterocycles. The molecule has 0 bridgehead atoms. The van der Waals surface area contributed by atoms with Gasteiger partial charge in [-0.1, -0.05) is 17.7 Å². The average Bonchev–Trinajstić information content (AvgIpc) is 2.42. The number of quaternary nitrogens is 1. The summed E-state index contributed by atoms with van der Waals surface area (Å²) in [6.45, 7) is 6.28. The van der Waals surface area contributed by atoms with Crippen molar-refractivity contribution in [1.82, 2.24) is 0 Å². The third kappa shape index (κ3) is 3.72. The van der Waals surface area contributed by atoms with Crippen LogP contribution in [0.2, 0.25) is 5.02 Å². The zero-order valence-electron chi connectivity index (χ0n) is 11.5. The topological polar surface area (TPSA) is 44.3 Å². The number of hydrogen-bond acceptors (Lipinski definition) is 3. The van der Waals surface area contributed by atoms with E-state index in [4.69, 9.17) is 25.8 Å². The van der Waals surface area contributed by atoms with Crippen LogP contribution >= 0.6 is 11.6 Å². The number of allylic oxidation sites excluding steroid dienone is 1. The van der Waals surface area contributed by atoms with Crippen LogP contribution in [0.15, 0.2) is 18.7 Å². The van der Waals surface area contributed by atoms with Gasteiger partial charge in [-0.3, -0.25) is 0 Å². The van der Waals surface area contributed by atoms with E-state index < -0.39 is 0 Å². The third-order valence-electron chi connectivity index (χ3n) is 2.84. The van der Waals surface area contributed by atoms with Crippen molar-refractivity contribution in [3.05, 3.63) is 29.3 Å². The number of nitrogens with two attached hydrogens (primary N) is 1. The van der Waals surface area contributed by atoms with E-state index in [0.29, 0.717) is 48.5 Å². The van der Waals surface area contributed by atoms with Gasteiger partial charge in [0.2, 0.25) is 5.75 Å². The standard InChI is InChI=1S/C14H18ClNO3.ClH/c1-3-4-10-11(15)9-12-14(19-8-7-17-12)13(10)18-6-5-16-2;/h3,9,16H,1,4-8H2,2H3;1H. The summed E-state index contributed by atoms with van der Waals surface area (Å²) in [5, 5.41) is 2.68. The van der Waals surface area contributed by atoms with Gasteiger partial charge in [-0.2, -0.15) is 0 Å². The van der Waals surface area contributed by atoms with Crippen LogP contribution in [0.5, 0.6) is 17.2 Å². The van der Waals surface area contributed by atoms with E-state index in [1.54, 1.807) is 12.1 Å². The Kier molecular flexibility index (Phi) is 6.99. The van der Waals surface area contributed by atoms with Crippen molar-refractivity contribution < 1.29 is 31.9 Å². The highest BCUT2D eigenvalue weighted by atomic mass is 35.5. The van der Waals surface area contributed by atoms with Crippen molar-refractivity contribution in [1.29, 1.82) is 0 Å². The van der Waals surface area contributed by atoms with Gasteiger partial charge < -0.3 is 31.9 Å². The second kappa shape index (κ2) is 8.25. The summed E-state index contributed by atoms with van der Waals surface area (Å²) in [6, 6.07) is 1.79. The molecule has 1 aliphatic heterocycles. The molecule has 0 atom stereocenters. The van der Waals surface area contributed by atoms with Gasteiger partial charge in [-0.15, -0.1) is 6.58 Å². The maximum Gasteiger partial charge on any atom is 0.204 e. The van der Waals surface area contributed by atoms with Crippen molar-refractivity contribution in [2.24, 2.45) is 0 Å². The van der Waals surface area contributed by atoms with Crippen molar-refractivity contribution >= 4 is 11.6 Å². The fourth-order valence-electron chi connectivity index (χ4n) is 1.93. The monoisotopic (exact) mass is 319 g/mol. The molecule has 0 radical (unpaired) electrons. The molecule has 0 saturated carbocycles. The lowest BCUT2D eigenvalue weighted by atomic mass is 10.1. The van der Waals surface area contributed by atoms with E-state index in [1.807, 2.05) is 7.05 Å². The van der Waals surface area contributed by atoms with E-state index in [2.05, 4.69) is 11.9 Å². The van der Waals surface area contributed by atoms with Crippen molar-refractivity contribution in [2.75, 3.05) is 33.4 Å². The Morgan fingerprint density at radius 2 is 2.20 bits per heavy atom. The summed E-state index contributed by atoms with van der Waals surface area (Å²) in [6.07, 6.45) is 2.44. The van der Waals surface area contributed by atoms with Crippen molar-refractivity contribution in [2.45, 2.75) is 6.42 Å². The number of benzene rings is 1. The van der Waals surface area contributed by atoms with E-state index in [9.17, 15) is 0 Å². The molecule has 6 heteroatoms. The Labute approximate surface area is 130 Å². The Bertz CT molecular complexity index is 466. The van der Waals surface area contributed by atoms with Crippen LogP contribution in [0.1, 0.15) is 5.56 Å². The highest BCUT2D eigenvalue weighted by Crippen LogP contribution is 2.45. The fraction of sp³-hybridized carbons (Fsp3) is 0.429. The first-order valence-electron chi connectivity index (χ1n) is 6.40. The largest absolute Gasteiger partial charge is 1.00 e. The van der Waals surface area contributed by atoms with Crippen LogP contribution in [0, 0.1) is 0 Å². The zero-order valence-corrected chi connectivity index (χ0v) is 13.0. The molecule has 0 saturated heterocycles. The number of rotatable bonds is 6. The van der Waals surface area contributed by atoms with Crippen LogP contribution in [-0.4, -0.2) is 33.4 Å². The van der Waals surface area contributed by atoms with Gasteiger partial charge in [0.05, 0.1) is 12.1 Å². The minimum absolute atomic E-state index is 0. The summed E-state index contributed by atoms with van der Waals surface area (Å²) < 4.78 is 17.1. The molecule has 1 aromatic rings. The number of ether oxygens (including phenoxy) is 3. The van der Waals surface area contributed by atoms with Gasteiger partial charge in [0.1, 0.15) is 26.4 Å². The molecule has 1 aliphatic rings. The predicted molar refractivity (Wildman–Crippen MR) is 74.6 cm³/mol. The number of likely N-dealkylation sites (N-methyl/N-ethyl adjacent to an activating group) is 1. The van der Waals surface area contributed by atoms with E-state index in [-0.39, 0.29) is 12.4 Å². The quantitative estimate of drug-likeness (QED) is 0.508. The first-order valence-corrected chi connectivity index (χ1v) is 6.78. The lowest BCUT2D eigenvalue weighted by Gasteiger charge is -2.23. The Balaban J connectivity index is 0.00000200. The van der Waals surface area contributed by atoms with E-state index in [1.165, 1.54) is 0 Å². The van der Waals surface area contributed by atoms with Crippen LogP contribution in [0.25, 0.3) is 0 Å². The highest BCUT2D eigenvalue weighted by Gasteiger charge is 2.23. The molecule has 20 heavy (non-hydrogen) atoms. The Morgan fingerprint density at radius 3 is 2.90 bits per heavy atom.